The predicted molar refractivity (Wildman–Crippen MR) is 136 cm³/mol. The van der Waals surface area contributed by atoms with E-state index < -0.39 is 11.7 Å². The van der Waals surface area contributed by atoms with Crippen LogP contribution >= 0.6 is 15.9 Å². The second-order valence-corrected chi connectivity index (χ2v) is 8.94. The number of nitrogens with one attached hydrogen (secondary N) is 2. The Balaban J connectivity index is 1.59. The Bertz CT molecular complexity index is 1200. The lowest BCUT2D eigenvalue weighted by atomic mass is 10.1. The van der Waals surface area contributed by atoms with E-state index in [1.54, 1.807) is 12.1 Å². The van der Waals surface area contributed by atoms with Crippen LogP contribution < -0.4 is 15.4 Å². The van der Waals surface area contributed by atoms with E-state index in [9.17, 15) is 9.18 Å². The summed E-state index contributed by atoms with van der Waals surface area (Å²) >= 11 is 3.46. The van der Waals surface area contributed by atoms with Crippen LogP contribution in [0.5, 0.6) is 5.75 Å². The maximum atomic E-state index is 14.6. The number of likely N-dealkylation sites (tertiary alicyclic amines) is 1. The van der Waals surface area contributed by atoms with E-state index in [0.29, 0.717) is 41.3 Å². The van der Waals surface area contributed by atoms with Gasteiger partial charge in [0.05, 0.1) is 17.8 Å². The van der Waals surface area contributed by atoms with Crippen molar-refractivity contribution in [3.8, 4) is 5.75 Å². The van der Waals surface area contributed by atoms with Crippen LogP contribution in [0, 0.1) is 0 Å². The quantitative estimate of drug-likeness (QED) is 0.359. The van der Waals surface area contributed by atoms with Crippen LogP contribution in [0.25, 0.3) is 10.9 Å². The monoisotopic (exact) mass is 527 g/mol. The molecule has 0 saturated carbocycles. The van der Waals surface area contributed by atoms with Gasteiger partial charge in [0.25, 0.3) is 5.91 Å². The van der Waals surface area contributed by atoms with Gasteiger partial charge >= 0.3 is 0 Å². The second-order valence-electron chi connectivity index (χ2n) is 8.02. The summed E-state index contributed by atoms with van der Waals surface area (Å²) in [6, 6.07) is 11.1. The number of aromatic nitrogens is 2. The molecule has 4 rings (SSSR count). The molecule has 3 aromatic rings. The number of rotatable bonds is 8. The van der Waals surface area contributed by atoms with Gasteiger partial charge in [-0.15, -0.1) is 0 Å². The van der Waals surface area contributed by atoms with Crippen LogP contribution in [0.3, 0.4) is 0 Å². The molecule has 7 nitrogen and oxygen atoms in total. The van der Waals surface area contributed by atoms with Crippen molar-refractivity contribution in [2.24, 2.45) is 0 Å². The lowest BCUT2D eigenvalue weighted by Gasteiger charge is -2.24. The third-order valence-electron chi connectivity index (χ3n) is 5.57. The SMILES string of the molecule is CCOc1cc2ncnc(Nc3cccc(Br)c3)c2cc1NC(=O)C(F)=CCN1CCCCC1. The smallest absolute Gasteiger partial charge is 0.284 e. The van der Waals surface area contributed by atoms with Crippen LogP contribution in [0.15, 0.2) is 59.1 Å². The van der Waals surface area contributed by atoms with Gasteiger partial charge in [0.1, 0.15) is 17.9 Å². The van der Waals surface area contributed by atoms with Gasteiger partial charge < -0.3 is 15.4 Å². The Morgan fingerprint density at radius 1 is 1.21 bits per heavy atom. The number of fused-ring (bicyclic) bond motifs is 1. The van der Waals surface area contributed by atoms with Gasteiger partial charge in [0.15, 0.2) is 5.83 Å². The Hall–Kier alpha value is -3.04. The summed E-state index contributed by atoms with van der Waals surface area (Å²) < 4.78 is 21.2. The van der Waals surface area contributed by atoms with E-state index in [2.05, 4.69) is 41.4 Å². The molecule has 0 radical (unpaired) electrons. The molecule has 2 aromatic carbocycles. The molecule has 1 aromatic heterocycles. The first-order valence-corrected chi connectivity index (χ1v) is 12.2. The fourth-order valence-corrected chi connectivity index (χ4v) is 4.28. The standard InChI is InChI=1S/C25H27BrFN5O2/c1-2-34-23-15-21-19(24(29-16-28-21)30-18-8-6-7-17(26)13-18)14-22(23)31-25(33)20(27)9-12-32-10-4-3-5-11-32/h6-9,13-16H,2-5,10-12H2,1H3,(H,31,33)(H,28,29,30). The van der Waals surface area contributed by atoms with Crippen LogP contribution in [0.2, 0.25) is 0 Å². The Morgan fingerprint density at radius 3 is 2.79 bits per heavy atom. The van der Waals surface area contributed by atoms with Crippen LogP contribution in [-0.4, -0.2) is 47.0 Å². The molecular formula is C25H27BrFN5O2. The van der Waals surface area contributed by atoms with Crippen molar-refractivity contribution in [2.75, 3.05) is 36.9 Å². The molecule has 9 heteroatoms. The van der Waals surface area contributed by atoms with Crippen molar-refractivity contribution >= 4 is 49.9 Å². The summed E-state index contributed by atoms with van der Waals surface area (Å²) in [5.74, 6) is -0.650. The fraction of sp³-hybridized carbons (Fsp3) is 0.320. The Labute approximate surface area is 206 Å². The number of hydrogen-bond donors (Lipinski definition) is 2. The molecule has 1 saturated heterocycles. The molecule has 1 aliphatic rings. The molecule has 0 spiro atoms. The molecule has 1 aliphatic heterocycles. The molecule has 1 fully saturated rings. The molecular weight excluding hydrogens is 501 g/mol. The lowest BCUT2D eigenvalue weighted by molar-refractivity contribution is -0.114. The summed E-state index contributed by atoms with van der Waals surface area (Å²) in [4.78, 5) is 23.5. The third kappa shape index (κ3) is 6.09. The van der Waals surface area contributed by atoms with E-state index in [-0.39, 0.29) is 0 Å². The largest absolute Gasteiger partial charge is 0.492 e. The van der Waals surface area contributed by atoms with E-state index >= 15 is 0 Å². The van der Waals surface area contributed by atoms with Gasteiger partial charge in [-0.05, 0) is 63.2 Å². The van der Waals surface area contributed by atoms with Gasteiger partial charge in [-0.3, -0.25) is 9.69 Å². The molecule has 1 amide bonds. The van der Waals surface area contributed by atoms with Crippen molar-refractivity contribution < 1.29 is 13.9 Å². The van der Waals surface area contributed by atoms with Crippen molar-refractivity contribution in [1.29, 1.82) is 0 Å². The molecule has 2 heterocycles. The highest BCUT2D eigenvalue weighted by molar-refractivity contribution is 9.10. The summed E-state index contributed by atoms with van der Waals surface area (Å²) in [5, 5.41) is 6.60. The molecule has 0 unspecified atom stereocenters. The van der Waals surface area contributed by atoms with E-state index in [0.717, 1.165) is 36.1 Å². The topological polar surface area (TPSA) is 79.4 Å². The highest BCUT2D eigenvalue weighted by Crippen LogP contribution is 2.34. The minimum atomic E-state index is -0.815. The van der Waals surface area contributed by atoms with E-state index in [4.69, 9.17) is 4.74 Å². The molecule has 178 valence electrons. The Morgan fingerprint density at radius 2 is 2.03 bits per heavy atom. The van der Waals surface area contributed by atoms with Gasteiger partial charge in [0, 0.05) is 28.2 Å². The van der Waals surface area contributed by atoms with Gasteiger partial charge in [-0.1, -0.05) is 28.4 Å². The molecule has 0 atom stereocenters. The minimum Gasteiger partial charge on any atom is -0.492 e. The summed E-state index contributed by atoms with van der Waals surface area (Å²) in [5.41, 5.74) is 1.82. The maximum Gasteiger partial charge on any atom is 0.284 e. The molecule has 0 aliphatic carbocycles. The zero-order chi connectivity index (χ0) is 23.9. The highest BCUT2D eigenvalue weighted by atomic mass is 79.9. The summed E-state index contributed by atoms with van der Waals surface area (Å²) in [6.45, 7) is 4.51. The number of anilines is 3. The fourth-order valence-electron chi connectivity index (χ4n) is 3.89. The number of halogens is 2. The second kappa shape index (κ2) is 11.4. The van der Waals surface area contributed by atoms with Gasteiger partial charge in [-0.25, -0.2) is 14.4 Å². The van der Waals surface area contributed by atoms with Crippen LogP contribution in [0.4, 0.5) is 21.6 Å². The highest BCUT2D eigenvalue weighted by Gasteiger charge is 2.17. The first kappa shape index (κ1) is 24.1. The summed E-state index contributed by atoms with van der Waals surface area (Å²) in [7, 11) is 0. The summed E-state index contributed by atoms with van der Waals surface area (Å²) in [6.07, 6.45) is 6.21. The van der Waals surface area contributed by atoms with Gasteiger partial charge in [-0.2, -0.15) is 0 Å². The third-order valence-corrected chi connectivity index (χ3v) is 6.06. The number of piperidine rings is 1. The Kier molecular flexibility index (Phi) is 8.08. The van der Waals surface area contributed by atoms with Crippen molar-refractivity contribution in [3.63, 3.8) is 0 Å². The van der Waals surface area contributed by atoms with E-state index in [1.165, 1.54) is 18.8 Å². The zero-order valence-electron chi connectivity index (χ0n) is 19.0. The van der Waals surface area contributed by atoms with Crippen molar-refractivity contribution in [3.05, 3.63) is 59.1 Å². The normalized spacial score (nSPS) is 14.7. The van der Waals surface area contributed by atoms with Gasteiger partial charge in [0.2, 0.25) is 0 Å². The maximum absolute atomic E-state index is 14.6. The van der Waals surface area contributed by atoms with Crippen LogP contribution in [-0.2, 0) is 4.79 Å². The molecule has 2 N–H and O–H groups in total. The molecule has 0 bridgehead atoms. The average Bonchev–Trinajstić information content (AvgIpc) is 2.84. The zero-order valence-corrected chi connectivity index (χ0v) is 20.6. The number of carbonyl (C=O) groups excluding carboxylic acids is 1. The van der Waals surface area contributed by atoms with Crippen molar-refractivity contribution in [2.45, 2.75) is 26.2 Å². The van der Waals surface area contributed by atoms with Crippen LogP contribution in [0.1, 0.15) is 26.2 Å². The first-order valence-electron chi connectivity index (χ1n) is 11.4. The lowest BCUT2D eigenvalue weighted by Crippen LogP contribution is -2.30. The average molecular weight is 528 g/mol. The molecule has 34 heavy (non-hydrogen) atoms. The number of benzene rings is 2. The predicted octanol–water partition coefficient (Wildman–Crippen LogP) is 5.81. The number of nitrogens with zero attached hydrogens (tertiary/aromatic N) is 3. The number of hydrogen-bond acceptors (Lipinski definition) is 6. The van der Waals surface area contributed by atoms with E-state index in [1.807, 2.05) is 31.2 Å². The van der Waals surface area contributed by atoms with Crippen molar-refractivity contribution in [1.82, 2.24) is 14.9 Å². The first-order chi connectivity index (χ1) is 16.5. The number of amides is 1. The minimum absolute atomic E-state index is 0.355. The number of ether oxygens (including phenoxy) is 1. The number of carbonyl (C=O) groups is 1.